The standard InChI is InChI=1S/C15H17Cl2NO3/c1-9-6-7-11(16)14(13(9)17)18-12(19)8-21-15(20)10-4-2-3-5-10/h6-7,10H,2-5,8H2,1H3,(H,18,19). The van der Waals surface area contributed by atoms with Crippen LogP contribution in [0.15, 0.2) is 12.1 Å². The lowest BCUT2D eigenvalue weighted by molar-refractivity contribution is -0.151. The van der Waals surface area contributed by atoms with Crippen LogP contribution >= 0.6 is 23.2 Å². The summed E-state index contributed by atoms with van der Waals surface area (Å²) in [5.74, 6) is -0.816. The van der Waals surface area contributed by atoms with Crippen LogP contribution in [0.4, 0.5) is 5.69 Å². The van der Waals surface area contributed by atoms with E-state index < -0.39 is 5.91 Å². The first-order valence-corrected chi connectivity index (χ1v) is 7.65. The summed E-state index contributed by atoms with van der Waals surface area (Å²) in [4.78, 5) is 23.6. The number of hydrogen-bond donors (Lipinski definition) is 1. The van der Waals surface area contributed by atoms with Crippen LogP contribution < -0.4 is 5.32 Å². The van der Waals surface area contributed by atoms with Crippen LogP contribution in [-0.2, 0) is 14.3 Å². The average molecular weight is 330 g/mol. The number of anilines is 1. The Morgan fingerprint density at radius 2 is 1.95 bits per heavy atom. The smallest absolute Gasteiger partial charge is 0.309 e. The van der Waals surface area contributed by atoms with Gasteiger partial charge in [0, 0.05) is 0 Å². The van der Waals surface area contributed by atoms with E-state index in [9.17, 15) is 9.59 Å². The molecule has 0 bridgehead atoms. The molecule has 0 unspecified atom stereocenters. The van der Waals surface area contributed by atoms with Gasteiger partial charge in [-0.3, -0.25) is 9.59 Å². The summed E-state index contributed by atoms with van der Waals surface area (Å²) < 4.78 is 5.03. The third kappa shape index (κ3) is 4.11. The van der Waals surface area contributed by atoms with Crippen molar-refractivity contribution in [2.45, 2.75) is 32.6 Å². The molecule has 0 atom stereocenters. The molecule has 2 rings (SSSR count). The van der Waals surface area contributed by atoms with Crippen molar-refractivity contribution in [3.05, 3.63) is 27.7 Å². The molecule has 1 aromatic rings. The van der Waals surface area contributed by atoms with Gasteiger partial charge in [0.1, 0.15) is 0 Å². The Morgan fingerprint density at radius 3 is 2.62 bits per heavy atom. The fraction of sp³-hybridized carbons (Fsp3) is 0.467. The van der Waals surface area contributed by atoms with Crippen molar-refractivity contribution in [3.8, 4) is 0 Å². The van der Waals surface area contributed by atoms with Gasteiger partial charge in [0.05, 0.1) is 21.7 Å². The van der Waals surface area contributed by atoms with Crippen LogP contribution in [0, 0.1) is 12.8 Å². The fourth-order valence-corrected chi connectivity index (χ4v) is 2.83. The molecule has 0 heterocycles. The zero-order valence-electron chi connectivity index (χ0n) is 11.7. The molecule has 1 fully saturated rings. The summed E-state index contributed by atoms with van der Waals surface area (Å²) in [6, 6.07) is 3.42. The van der Waals surface area contributed by atoms with Gasteiger partial charge in [0.15, 0.2) is 6.61 Å². The monoisotopic (exact) mass is 329 g/mol. The van der Waals surface area contributed by atoms with E-state index in [0.29, 0.717) is 15.7 Å². The summed E-state index contributed by atoms with van der Waals surface area (Å²) in [7, 11) is 0. The summed E-state index contributed by atoms with van der Waals surface area (Å²) in [6.07, 6.45) is 3.77. The van der Waals surface area contributed by atoms with E-state index in [4.69, 9.17) is 27.9 Å². The summed E-state index contributed by atoms with van der Waals surface area (Å²) >= 11 is 12.1. The molecule has 0 spiro atoms. The molecule has 21 heavy (non-hydrogen) atoms. The zero-order chi connectivity index (χ0) is 15.4. The summed E-state index contributed by atoms with van der Waals surface area (Å²) in [5.41, 5.74) is 1.15. The number of rotatable bonds is 4. The van der Waals surface area contributed by atoms with Crippen LogP contribution in [0.2, 0.25) is 10.0 Å². The summed E-state index contributed by atoms with van der Waals surface area (Å²) in [6.45, 7) is 1.49. The molecule has 0 aliphatic heterocycles. The van der Waals surface area contributed by atoms with Crippen molar-refractivity contribution < 1.29 is 14.3 Å². The molecule has 1 aromatic carbocycles. The number of nitrogens with one attached hydrogen (secondary N) is 1. The highest BCUT2D eigenvalue weighted by Crippen LogP contribution is 2.32. The molecule has 0 radical (unpaired) electrons. The van der Waals surface area contributed by atoms with E-state index >= 15 is 0 Å². The predicted octanol–water partition coefficient (Wildman–Crippen LogP) is 3.97. The number of aryl methyl sites for hydroxylation is 1. The molecule has 114 valence electrons. The van der Waals surface area contributed by atoms with E-state index in [2.05, 4.69) is 5.32 Å². The minimum absolute atomic E-state index is 0.0658. The molecule has 1 amide bonds. The highest BCUT2D eigenvalue weighted by molar-refractivity contribution is 6.40. The predicted molar refractivity (Wildman–Crippen MR) is 82.7 cm³/mol. The van der Waals surface area contributed by atoms with Gasteiger partial charge in [-0.2, -0.15) is 0 Å². The summed E-state index contributed by atoms with van der Waals surface area (Å²) in [5, 5.41) is 3.32. The Balaban J connectivity index is 1.90. The van der Waals surface area contributed by atoms with Crippen LogP contribution in [0.3, 0.4) is 0 Å². The molecule has 1 N–H and O–H groups in total. The fourth-order valence-electron chi connectivity index (χ4n) is 2.36. The Morgan fingerprint density at radius 1 is 1.29 bits per heavy atom. The van der Waals surface area contributed by atoms with Gasteiger partial charge in [0.25, 0.3) is 5.91 Å². The van der Waals surface area contributed by atoms with Crippen LogP contribution in [0.5, 0.6) is 0 Å². The van der Waals surface area contributed by atoms with E-state index in [-0.39, 0.29) is 18.5 Å². The molecular weight excluding hydrogens is 313 g/mol. The van der Waals surface area contributed by atoms with Crippen LogP contribution in [-0.4, -0.2) is 18.5 Å². The number of amides is 1. The van der Waals surface area contributed by atoms with Gasteiger partial charge in [-0.1, -0.05) is 42.1 Å². The first-order chi connectivity index (χ1) is 9.99. The van der Waals surface area contributed by atoms with E-state index in [1.165, 1.54) is 0 Å². The molecule has 0 saturated heterocycles. The van der Waals surface area contributed by atoms with E-state index in [1.807, 2.05) is 6.92 Å². The number of carbonyl (C=O) groups is 2. The van der Waals surface area contributed by atoms with Crippen LogP contribution in [0.1, 0.15) is 31.2 Å². The number of benzene rings is 1. The molecule has 1 saturated carbocycles. The van der Waals surface area contributed by atoms with Crippen molar-refractivity contribution in [1.82, 2.24) is 0 Å². The number of carbonyl (C=O) groups excluding carboxylic acids is 2. The second-order valence-corrected chi connectivity index (χ2v) is 5.98. The number of esters is 1. The Hall–Kier alpha value is -1.26. The zero-order valence-corrected chi connectivity index (χ0v) is 13.3. The molecular formula is C15H17Cl2NO3. The van der Waals surface area contributed by atoms with Gasteiger partial charge in [-0.05, 0) is 31.4 Å². The maximum absolute atomic E-state index is 11.8. The minimum Gasteiger partial charge on any atom is -0.455 e. The Kier molecular flexibility index (Phi) is 5.48. The Bertz CT molecular complexity index is 554. The van der Waals surface area contributed by atoms with Gasteiger partial charge in [-0.15, -0.1) is 0 Å². The molecule has 1 aliphatic rings. The quantitative estimate of drug-likeness (QED) is 0.850. The van der Waals surface area contributed by atoms with E-state index in [1.54, 1.807) is 12.1 Å². The first-order valence-electron chi connectivity index (χ1n) is 6.90. The lowest BCUT2D eigenvalue weighted by atomic mass is 10.1. The van der Waals surface area contributed by atoms with E-state index in [0.717, 1.165) is 31.2 Å². The number of halogens is 2. The molecule has 0 aromatic heterocycles. The highest BCUT2D eigenvalue weighted by atomic mass is 35.5. The first kappa shape index (κ1) is 16.1. The van der Waals surface area contributed by atoms with Crippen LogP contribution in [0.25, 0.3) is 0 Å². The lowest BCUT2D eigenvalue weighted by Gasteiger charge is -2.12. The molecule has 1 aliphatic carbocycles. The third-order valence-electron chi connectivity index (χ3n) is 3.58. The molecule has 6 heteroatoms. The maximum atomic E-state index is 11.8. The lowest BCUT2D eigenvalue weighted by Crippen LogP contribution is -2.24. The van der Waals surface area contributed by atoms with Crippen molar-refractivity contribution >= 4 is 40.8 Å². The Labute approximate surface area is 133 Å². The SMILES string of the molecule is Cc1ccc(Cl)c(NC(=O)COC(=O)C2CCCC2)c1Cl. The van der Waals surface area contributed by atoms with Crippen molar-refractivity contribution in [1.29, 1.82) is 0 Å². The molecule has 4 nitrogen and oxygen atoms in total. The van der Waals surface area contributed by atoms with Gasteiger partial charge >= 0.3 is 5.97 Å². The van der Waals surface area contributed by atoms with Crippen molar-refractivity contribution in [2.75, 3.05) is 11.9 Å². The topological polar surface area (TPSA) is 55.4 Å². The second-order valence-electron chi connectivity index (χ2n) is 5.19. The highest BCUT2D eigenvalue weighted by Gasteiger charge is 2.24. The number of ether oxygens (including phenoxy) is 1. The second kappa shape index (κ2) is 7.14. The normalized spacial score (nSPS) is 15.0. The maximum Gasteiger partial charge on any atom is 0.309 e. The number of hydrogen-bond acceptors (Lipinski definition) is 3. The van der Waals surface area contributed by atoms with Gasteiger partial charge in [0.2, 0.25) is 0 Å². The van der Waals surface area contributed by atoms with Gasteiger partial charge in [-0.25, -0.2) is 0 Å². The minimum atomic E-state index is -0.448. The van der Waals surface area contributed by atoms with Gasteiger partial charge < -0.3 is 10.1 Å². The van der Waals surface area contributed by atoms with Crippen molar-refractivity contribution in [3.63, 3.8) is 0 Å². The van der Waals surface area contributed by atoms with Crippen molar-refractivity contribution in [2.24, 2.45) is 5.92 Å². The third-order valence-corrected chi connectivity index (χ3v) is 4.38. The largest absolute Gasteiger partial charge is 0.455 e. The average Bonchev–Trinajstić information content (AvgIpc) is 2.99.